The summed E-state index contributed by atoms with van der Waals surface area (Å²) in [5, 5.41) is 11.5. The molecule has 0 aliphatic rings. The molecule has 0 spiro atoms. The number of rotatable bonds is 6. The van der Waals surface area contributed by atoms with E-state index in [0.29, 0.717) is 12.1 Å². The first-order valence-electron chi connectivity index (χ1n) is 5.75. The van der Waals surface area contributed by atoms with Crippen LogP contribution in [0.1, 0.15) is 51.8 Å². The summed E-state index contributed by atoms with van der Waals surface area (Å²) in [4.78, 5) is 0. The minimum atomic E-state index is 0.380. The van der Waals surface area contributed by atoms with E-state index in [9.17, 15) is 0 Å². The monoisotopic (exact) mass is 210 g/mol. The maximum Gasteiger partial charge on any atom is 0.0753 e. The average Bonchev–Trinajstić information content (AvgIpc) is 2.58. The molecular formula is C11H22N4. The van der Waals surface area contributed by atoms with Crippen LogP contribution in [0.25, 0.3) is 0 Å². The van der Waals surface area contributed by atoms with Crippen molar-refractivity contribution in [2.75, 3.05) is 0 Å². The van der Waals surface area contributed by atoms with Crippen molar-refractivity contribution in [2.45, 2.75) is 52.1 Å². The molecule has 0 saturated carbocycles. The molecule has 1 atom stereocenters. The second kappa shape index (κ2) is 5.85. The Hall–Kier alpha value is -0.900. The van der Waals surface area contributed by atoms with Gasteiger partial charge in [-0.25, -0.2) is 0 Å². The molecule has 4 nitrogen and oxygen atoms in total. The van der Waals surface area contributed by atoms with Gasteiger partial charge in [0.2, 0.25) is 0 Å². The summed E-state index contributed by atoms with van der Waals surface area (Å²) in [6.45, 7) is 6.55. The van der Waals surface area contributed by atoms with Crippen LogP contribution in [0.3, 0.4) is 0 Å². The second-order valence-corrected chi connectivity index (χ2v) is 4.30. The predicted molar refractivity (Wildman–Crippen MR) is 61.5 cm³/mol. The first kappa shape index (κ1) is 12.2. The van der Waals surface area contributed by atoms with Crippen molar-refractivity contribution in [1.82, 2.24) is 20.3 Å². The molecule has 0 aromatic carbocycles. The maximum absolute atomic E-state index is 3.98. The van der Waals surface area contributed by atoms with E-state index in [1.165, 1.54) is 18.5 Å². The smallest absolute Gasteiger partial charge is 0.0753 e. The van der Waals surface area contributed by atoms with E-state index in [0.717, 1.165) is 6.42 Å². The highest BCUT2D eigenvalue weighted by Gasteiger charge is 2.15. The number of aryl methyl sites for hydroxylation is 1. The summed E-state index contributed by atoms with van der Waals surface area (Å²) in [6.07, 6.45) is 5.46. The maximum atomic E-state index is 3.98. The molecule has 0 radical (unpaired) electrons. The molecule has 86 valence electrons. The number of nitrogens with zero attached hydrogens (tertiary/aromatic N) is 3. The van der Waals surface area contributed by atoms with Crippen molar-refractivity contribution in [1.29, 1.82) is 0 Å². The van der Waals surface area contributed by atoms with E-state index < -0.39 is 0 Å². The SMILES string of the molecule is CCCCC(NC(C)C)c1cnnn1C. The van der Waals surface area contributed by atoms with Crippen LogP contribution < -0.4 is 5.32 Å². The summed E-state index contributed by atoms with van der Waals surface area (Å²) in [6, 6.07) is 0.867. The zero-order valence-corrected chi connectivity index (χ0v) is 10.2. The van der Waals surface area contributed by atoms with Gasteiger partial charge in [0.1, 0.15) is 0 Å². The molecule has 0 amide bonds. The largest absolute Gasteiger partial charge is 0.306 e. The fourth-order valence-corrected chi connectivity index (χ4v) is 1.74. The summed E-state index contributed by atoms with van der Waals surface area (Å²) < 4.78 is 1.86. The lowest BCUT2D eigenvalue weighted by Gasteiger charge is -2.20. The van der Waals surface area contributed by atoms with Gasteiger partial charge < -0.3 is 5.32 Å². The normalized spacial score (nSPS) is 13.4. The quantitative estimate of drug-likeness (QED) is 0.781. The Morgan fingerprint density at radius 1 is 1.47 bits per heavy atom. The fourth-order valence-electron chi connectivity index (χ4n) is 1.74. The number of aromatic nitrogens is 3. The van der Waals surface area contributed by atoms with Gasteiger partial charge in [-0.2, -0.15) is 0 Å². The van der Waals surface area contributed by atoms with Gasteiger partial charge in [0, 0.05) is 13.1 Å². The van der Waals surface area contributed by atoms with Crippen LogP contribution in [0.2, 0.25) is 0 Å². The molecule has 1 rings (SSSR count). The van der Waals surface area contributed by atoms with Crippen LogP contribution in [0.15, 0.2) is 6.20 Å². The van der Waals surface area contributed by atoms with Crippen LogP contribution in [0.5, 0.6) is 0 Å². The van der Waals surface area contributed by atoms with Gasteiger partial charge >= 0.3 is 0 Å². The molecule has 1 heterocycles. The Bertz CT molecular complexity index is 280. The summed E-state index contributed by atoms with van der Waals surface area (Å²) in [5.41, 5.74) is 1.18. The van der Waals surface area contributed by atoms with Crippen molar-refractivity contribution in [3.05, 3.63) is 11.9 Å². The van der Waals surface area contributed by atoms with Crippen molar-refractivity contribution in [2.24, 2.45) is 7.05 Å². The lowest BCUT2D eigenvalue weighted by molar-refractivity contribution is 0.418. The molecule has 0 fully saturated rings. The van der Waals surface area contributed by atoms with Crippen LogP contribution >= 0.6 is 0 Å². The second-order valence-electron chi connectivity index (χ2n) is 4.30. The first-order valence-corrected chi connectivity index (χ1v) is 5.75. The van der Waals surface area contributed by atoms with E-state index >= 15 is 0 Å². The van der Waals surface area contributed by atoms with Crippen LogP contribution in [0.4, 0.5) is 0 Å². The Labute approximate surface area is 92.1 Å². The first-order chi connectivity index (χ1) is 7.15. The summed E-state index contributed by atoms with van der Waals surface area (Å²) in [7, 11) is 1.95. The molecule has 4 heteroatoms. The molecule has 1 N–H and O–H groups in total. The Kier molecular flexibility index (Phi) is 4.75. The van der Waals surface area contributed by atoms with Gasteiger partial charge in [0.25, 0.3) is 0 Å². The predicted octanol–water partition coefficient (Wildman–Crippen LogP) is 2.04. The van der Waals surface area contributed by atoms with Gasteiger partial charge in [-0.05, 0) is 6.42 Å². The van der Waals surface area contributed by atoms with Gasteiger partial charge in [-0.15, -0.1) is 5.10 Å². The summed E-state index contributed by atoms with van der Waals surface area (Å²) >= 11 is 0. The highest BCUT2D eigenvalue weighted by molar-refractivity contribution is 5.01. The van der Waals surface area contributed by atoms with E-state index in [4.69, 9.17) is 0 Å². The molecular weight excluding hydrogens is 188 g/mol. The number of hydrogen-bond donors (Lipinski definition) is 1. The average molecular weight is 210 g/mol. The van der Waals surface area contributed by atoms with Gasteiger partial charge in [-0.3, -0.25) is 4.68 Å². The molecule has 15 heavy (non-hydrogen) atoms. The highest BCUT2D eigenvalue weighted by Crippen LogP contribution is 2.18. The van der Waals surface area contributed by atoms with Crippen LogP contribution in [0, 0.1) is 0 Å². The third kappa shape index (κ3) is 3.63. The Morgan fingerprint density at radius 3 is 2.67 bits per heavy atom. The van der Waals surface area contributed by atoms with Gasteiger partial charge in [-0.1, -0.05) is 38.8 Å². The van der Waals surface area contributed by atoms with Gasteiger partial charge in [0.05, 0.1) is 17.9 Å². The topological polar surface area (TPSA) is 42.7 Å². The third-order valence-electron chi connectivity index (χ3n) is 2.49. The number of unbranched alkanes of at least 4 members (excludes halogenated alkanes) is 1. The minimum Gasteiger partial charge on any atom is -0.306 e. The Balaban J connectivity index is 2.67. The standard InChI is InChI=1S/C11H22N4/c1-5-6-7-10(13-9(2)3)11-8-12-14-15(11)4/h8-10,13H,5-7H2,1-4H3. The number of hydrogen-bond acceptors (Lipinski definition) is 3. The molecule has 0 aliphatic carbocycles. The third-order valence-corrected chi connectivity index (χ3v) is 2.49. The Morgan fingerprint density at radius 2 is 2.20 bits per heavy atom. The van der Waals surface area contributed by atoms with Crippen molar-refractivity contribution >= 4 is 0 Å². The highest BCUT2D eigenvalue weighted by atomic mass is 15.4. The van der Waals surface area contributed by atoms with Crippen LogP contribution in [-0.4, -0.2) is 21.0 Å². The fraction of sp³-hybridized carbons (Fsp3) is 0.818. The molecule has 0 saturated heterocycles. The molecule has 1 unspecified atom stereocenters. The molecule has 1 aromatic rings. The van der Waals surface area contributed by atoms with Crippen molar-refractivity contribution in [3.8, 4) is 0 Å². The molecule has 0 bridgehead atoms. The summed E-state index contributed by atoms with van der Waals surface area (Å²) in [5.74, 6) is 0. The lowest BCUT2D eigenvalue weighted by atomic mass is 10.1. The zero-order chi connectivity index (χ0) is 11.3. The lowest BCUT2D eigenvalue weighted by Crippen LogP contribution is -2.29. The van der Waals surface area contributed by atoms with Crippen molar-refractivity contribution < 1.29 is 0 Å². The van der Waals surface area contributed by atoms with E-state index in [2.05, 4.69) is 36.4 Å². The zero-order valence-electron chi connectivity index (χ0n) is 10.2. The number of nitrogens with one attached hydrogen (secondary N) is 1. The molecule has 1 aromatic heterocycles. The van der Waals surface area contributed by atoms with Crippen molar-refractivity contribution in [3.63, 3.8) is 0 Å². The van der Waals surface area contributed by atoms with Gasteiger partial charge in [0.15, 0.2) is 0 Å². The molecule has 0 aliphatic heterocycles. The van der Waals surface area contributed by atoms with E-state index in [-0.39, 0.29) is 0 Å². The van der Waals surface area contributed by atoms with E-state index in [1.807, 2.05) is 17.9 Å². The van der Waals surface area contributed by atoms with E-state index in [1.54, 1.807) is 0 Å². The van der Waals surface area contributed by atoms with Crippen LogP contribution in [-0.2, 0) is 7.05 Å². The minimum absolute atomic E-state index is 0.380.